The van der Waals surface area contributed by atoms with E-state index < -0.39 is 35.3 Å². The Hall–Kier alpha value is -3.79. The molecule has 1 aromatic heterocycles. The summed E-state index contributed by atoms with van der Waals surface area (Å²) in [6.07, 6.45) is -2.95. The molecule has 2 heterocycles. The fourth-order valence-corrected chi connectivity index (χ4v) is 4.75. The molecule has 0 spiro atoms. The number of amides is 3. The SMILES string of the molecule is Cc1ccc(-n2c(C)cc(/C=C3\SC(=O)N(CC(=O)Nc4cccc(C(F)(F)F)c4)C3=O)c2C)cc1. The highest BCUT2D eigenvalue weighted by Gasteiger charge is 2.37. The highest BCUT2D eigenvalue weighted by atomic mass is 32.2. The number of aromatic nitrogens is 1. The molecule has 0 atom stereocenters. The van der Waals surface area contributed by atoms with Gasteiger partial charge in [-0.1, -0.05) is 23.8 Å². The van der Waals surface area contributed by atoms with Gasteiger partial charge in [0.2, 0.25) is 5.91 Å². The Balaban J connectivity index is 1.50. The van der Waals surface area contributed by atoms with Gasteiger partial charge in [-0.3, -0.25) is 19.3 Å². The smallest absolute Gasteiger partial charge is 0.325 e. The molecule has 0 radical (unpaired) electrons. The number of imide groups is 1. The monoisotopic (exact) mass is 513 g/mol. The van der Waals surface area contributed by atoms with Crippen LogP contribution in [0.2, 0.25) is 0 Å². The Morgan fingerprint density at radius 2 is 1.72 bits per heavy atom. The van der Waals surface area contributed by atoms with Crippen molar-refractivity contribution in [1.29, 1.82) is 0 Å². The molecule has 36 heavy (non-hydrogen) atoms. The van der Waals surface area contributed by atoms with Crippen molar-refractivity contribution in [2.45, 2.75) is 26.9 Å². The lowest BCUT2D eigenvalue weighted by Gasteiger charge is -2.13. The van der Waals surface area contributed by atoms with E-state index in [4.69, 9.17) is 0 Å². The molecular weight excluding hydrogens is 491 g/mol. The lowest BCUT2D eigenvalue weighted by molar-refractivity contribution is -0.137. The van der Waals surface area contributed by atoms with Crippen LogP contribution >= 0.6 is 11.8 Å². The van der Waals surface area contributed by atoms with Crippen LogP contribution in [0.1, 0.15) is 28.1 Å². The number of nitrogens with one attached hydrogen (secondary N) is 1. The van der Waals surface area contributed by atoms with Gasteiger partial charge in [0.15, 0.2) is 0 Å². The first-order valence-electron chi connectivity index (χ1n) is 10.9. The zero-order valence-electron chi connectivity index (χ0n) is 19.6. The van der Waals surface area contributed by atoms with Gasteiger partial charge in [0.1, 0.15) is 6.54 Å². The second kappa shape index (κ2) is 9.69. The van der Waals surface area contributed by atoms with Crippen molar-refractivity contribution in [3.05, 3.63) is 87.6 Å². The van der Waals surface area contributed by atoms with Gasteiger partial charge in [-0.25, -0.2) is 0 Å². The zero-order valence-corrected chi connectivity index (χ0v) is 20.5. The van der Waals surface area contributed by atoms with Crippen molar-refractivity contribution in [3.63, 3.8) is 0 Å². The number of hydrogen-bond acceptors (Lipinski definition) is 4. The zero-order chi connectivity index (χ0) is 26.2. The number of carbonyl (C=O) groups is 3. The van der Waals surface area contributed by atoms with Gasteiger partial charge < -0.3 is 9.88 Å². The molecule has 1 N–H and O–H groups in total. The first kappa shape index (κ1) is 25.3. The van der Waals surface area contributed by atoms with Crippen molar-refractivity contribution < 1.29 is 27.6 Å². The first-order chi connectivity index (χ1) is 16.9. The van der Waals surface area contributed by atoms with Gasteiger partial charge in [-0.15, -0.1) is 0 Å². The number of nitrogens with zero attached hydrogens (tertiary/aromatic N) is 2. The number of benzene rings is 2. The second-order valence-electron chi connectivity index (χ2n) is 8.39. The van der Waals surface area contributed by atoms with Gasteiger partial charge >= 0.3 is 6.18 Å². The van der Waals surface area contributed by atoms with E-state index in [0.29, 0.717) is 11.8 Å². The molecule has 6 nitrogen and oxygen atoms in total. The molecule has 0 bridgehead atoms. The molecule has 1 saturated heterocycles. The average molecular weight is 514 g/mol. The molecule has 3 amide bonds. The third-order valence-corrected chi connectivity index (χ3v) is 6.61. The number of rotatable bonds is 5. The lowest BCUT2D eigenvalue weighted by atomic mass is 10.2. The minimum absolute atomic E-state index is 0.0825. The van der Waals surface area contributed by atoms with Crippen molar-refractivity contribution in [3.8, 4) is 5.69 Å². The highest BCUT2D eigenvalue weighted by molar-refractivity contribution is 8.18. The number of carbonyl (C=O) groups excluding carboxylic acids is 3. The Bertz CT molecular complexity index is 1390. The third kappa shape index (κ3) is 5.23. The number of thioether (sulfide) groups is 1. The lowest BCUT2D eigenvalue weighted by Crippen LogP contribution is -2.36. The molecule has 0 saturated carbocycles. The molecular formula is C26H22F3N3O3S. The molecule has 0 aliphatic carbocycles. The number of alkyl halides is 3. The quantitative estimate of drug-likeness (QED) is 0.419. The van der Waals surface area contributed by atoms with Crippen LogP contribution in [-0.4, -0.2) is 33.1 Å². The molecule has 186 valence electrons. The maximum atomic E-state index is 12.9. The van der Waals surface area contributed by atoms with E-state index in [1.807, 2.05) is 55.7 Å². The van der Waals surface area contributed by atoms with Crippen LogP contribution in [0.4, 0.5) is 23.7 Å². The second-order valence-corrected chi connectivity index (χ2v) is 9.39. The summed E-state index contributed by atoms with van der Waals surface area (Å²) in [7, 11) is 0. The van der Waals surface area contributed by atoms with Crippen LogP contribution in [-0.2, 0) is 15.8 Å². The molecule has 10 heteroatoms. The predicted molar refractivity (Wildman–Crippen MR) is 133 cm³/mol. The van der Waals surface area contributed by atoms with E-state index in [0.717, 1.165) is 51.3 Å². The van der Waals surface area contributed by atoms with E-state index >= 15 is 0 Å². The number of hydrogen-bond donors (Lipinski definition) is 1. The molecule has 1 aliphatic rings. The number of anilines is 1. The largest absolute Gasteiger partial charge is 0.416 e. The van der Waals surface area contributed by atoms with Crippen molar-refractivity contribution in [2.75, 3.05) is 11.9 Å². The van der Waals surface area contributed by atoms with Crippen LogP contribution in [0.15, 0.2) is 59.5 Å². The Labute approximate surface area is 209 Å². The molecule has 2 aromatic carbocycles. The Morgan fingerprint density at radius 1 is 1.03 bits per heavy atom. The van der Waals surface area contributed by atoms with Crippen LogP contribution in [0.25, 0.3) is 11.8 Å². The fourth-order valence-electron chi connectivity index (χ4n) is 3.92. The molecule has 3 aromatic rings. The van der Waals surface area contributed by atoms with Gasteiger partial charge in [0.05, 0.1) is 10.5 Å². The summed E-state index contributed by atoms with van der Waals surface area (Å²) in [5.41, 5.74) is 3.68. The summed E-state index contributed by atoms with van der Waals surface area (Å²) in [5, 5.41) is 1.68. The first-order valence-corrected chi connectivity index (χ1v) is 11.7. The summed E-state index contributed by atoms with van der Waals surface area (Å²) in [6, 6.07) is 14.0. The van der Waals surface area contributed by atoms with Crippen molar-refractivity contribution in [1.82, 2.24) is 9.47 Å². The number of aryl methyl sites for hydroxylation is 2. The van der Waals surface area contributed by atoms with Crippen LogP contribution in [0.5, 0.6) is 0 Å². The Morgan fingerprint density at radius 3 is 2.39 bits per heavy atom. The summed E-state index contributed by atoms with van der Waals surface area (Å²) < 4.78 is 40.8. The fraction of sp³-hybridized carbons (Fsp3) is 0.192. The minimum atomic E-state index is -4.56. The van der Waals surface area contributed by atoms with Gasteiger partial charge in [-0.2, -0.15) is 13.2 Å². The van der Waals surface area contributed by atoms with Crippen LogP contribution in [0.3, 0.4) is 0 Å². The standard InChI is InChI=1S/C26H22F3N3O3S/c1-15-7-9-21(10-8-15)32-16(2)11-18(17(32)3)12-22-24(34)31(25(35)36-22)14-23(33)30-20-6-4-5-19(13-20)26(27,28)29/h4-13H,14H2,1-3H3,(H,30,33)/b22-12-. The molecule has 4 rings (SSSR count). The van der Waals surface area contributed by atoms with E-state index in [1.165, 1.54) is 6.07 Å². The summed E-state index contributed by atoms with van der Waals surface area (Å²) in [5.74, 6) is -1.42. The van der Waals surface area contributed by atoms with Crippen molar-refractivity contribution >= 4 is 40.6 Å². The number of halogens is 3. The van der Waals surface area contributed by atoms with E-state index in [-0.39, 0.29) is 10.6 Å². The van der Waals surface area contributed by atoms with Gasteiger partial charge in [0, 0.05) is 22.8 Å². The van der Waals surface area contributed by atoms with E-state index in [1.54, 1.807) is 6.08 Å². The topological polar surface area (TPSA) is 71.4 Å². The maximum Gasteiger partial charge on any atom is 0.416 e. The Kier molecular flexibility index (Phi) is 6.81. The molecule has 0 unspecified atom stereocenters. The average Bonchev–Trinajstić information content (AvgIpc) is 3.23. The van der Waals surface area contributed by atoms with Crippen LogP contribution in [0, 0.1) is 20.8 Å². The van der Waals surface area contributed by atoms with Crippen LogP contribution < -0.4 is 5.32 Å². The van der Waals surface area contributed by atoms with E-state index in [9.17, 15) is 27.6 Å². The highest BCUT2D eigenvalue weighted by Crippen LogP contribution is 2.34. The predicted octanol–water partition coefficient (Wildman–Crippen LogP) is 6.10. The molecule has 1 aliphatic heterocycles. The molecule has 1 fully saturated rings. The van der Waals surface area contributed by atoms with Crippen molar-refractivity contribution in [2.24, 2.45) is 0 Å². The summed E-state index contributed by atoms with van der Waals surface area (Å²) in [4.78, 5) is 38.7. The van der Waals surface area contributed by atoms with E-state index in [2.05, 4.69) is 5.32 Å². The summed E-state index contributed by atoms with van der Waals surface area (Å²) in [6.45, 7) is 5.24. The third-order valence-electron chi connectivity index (χ3n) is 5.70. The van der Waals surface area contributed by atoms with Gasteiger partial charge in [0.25, 0.3) is 11.1 Å². The summed E-state index contributed by atoms with van der Waals surface area (Å²) >= 11 is 0.713. The minimum Gasteiger partial charge on any atom is -0.325 e. The maximum absolute atomic E-state index is 12.9. The van der Waals surface area contributed by atoms with Gasteiger partial charge in [-0.05, 0) is 80.6 Å². The normalized spacial score (nSPS) is 15.2.